The first kappa shape index (κ1) is 16.0. The highest BCUT2D eigenvalue weighted by atomic mass is 32.1. The van der Waals surface area contributed by atoms with Gasteiger partial charge in [-0.3, -0.25) is 0 Å². The molecule has 0 saturated carbocycles. The van der Waals surface area contributed by atoms with Crippen LogP contribution < -0.4 is 5.32 Å². The molecular formula is C18H16N2O3S. The van der Waals surface area contributed by atoms with Crippen molar-refractivity contribution in [3.05, 3.63) is 70.5 Å². The minimum absolute atomic E-state index is 0.219. The summed E-state index contributed by atoms with van der Waals surface area (Å²) in [5.74, 6) is 0.219. The van der Waals surface area contributed by atoms with Gasteiger partial charge < -0.3 is 15.2 Å². The molecule has 0 bridgehead atoms. The number of aromatic nitrogens is 1. The van der Waals surface area contributed by atoms with Crippen molar-refractivity contribution in [3.8, 4) is 17.0 Å². The Balaban J connectivity index is 1.50. The van der Waals surface area contributed by atoms with E-state index in [1.54, 1.807) is 24.3 Å². The highest BCUT2D eigenvalue weighted by molar-refractivity contribution is 7.09. The van der Waals surface area contributed by atoms with Crippen LogP contribution in [0, 0.1) is 0 Å². The summed E-state index contributed by atoms with van der Waals surface area (Å²) in [5, 5.41) is 14.7. The Morgan fingerprint density at radius 3 is 2.62 bits per heavy atom. The maximum Gasteiger partial charge on any atom is 0.407 e. The van der Waals surface area contributed by atoms with Crippen LogP contribution in [0.4, 0.5) is 4.79 Å². The molecule has 2 N–H and O–H groups in total. The predicted octanol–water partition coefficient (Wildman–Crippen LogP) is 3.94. The van der Waals surface area contributed by atoms with Gasteiger partial charge in [0.05, 0.1) is 12.2 Å². The topological polar surface area (TPSA) is 71.5 Å². The zero-order valence-corrected chi connectivity index (χ0v) is 13.6. The molecule has 3 rings (SSSR count). The molecule has 1 heterocycles. The van der Waals surface area contributed by atoms with Gasteiger partial charge in [0.2, 0.25) is 0 Å². The number of nitrogens with zero attached hydrogens (tertiary/aromatic N) is 1. The van der Waals surface area contributed by atoms with Gasteiger partial charge in [0.1, 0.15) is 17.4 Å². The summed E-state index contributed by atoms with van der Waals surface area (Å²) < 4.78 is 5.15. The lowest BCUT2D eigenvalue weighted by Gasteiger charge is -2.05. The quantitative estimate of drug-likeness (QED) is 0.738. The average Bonchev–Trinajstić information content (AvgIpc) is 3.09. The summed E-state index contributed by atoms with van der Waals surface area (Å²) in [4.78, 5) is 16.2. The van der Waals surface area contributed by atoms with E-state index in [4.69, 9.17) is 4.74 Å². The fourth-order valence-corrected chi connectivity index (χ4v) is 2.82. The summed E-state index contributed by atoms with van der Waals surface area (Å²) in [6.07, 6.45) is -0.472. The summed E-state index contributed by atoms with van der Waals surface area (Å²) in [6, 6.07) is 16.4. The molecular weight excluding hydrogens is 324 g/mol. The molecule has 0 aliphatic heterocycles. The van der Waals surface area contributed by atoms with Gasteiger partial charge in [-0.25, -0.2) is 9.78 Å². The van der Waals surface area contributed by atoms with Crippen molar-refractivity contribution in [3.63, 3.8) is 0 Å². The first-order chi connectivity index (χ1) is 11.7. The van der Waals surface area contributed by atoms with Gasteiger partial charge in [0.25, 0.3) is 0 Å². The van der Waals surface area contributed by atoms with Crippen molar-refractivity contribution >= 4 is 17.4 Å². The molecule has 0 spiro atoms. The standard InChI is InChI=1S/C18H16N2O3S/c21-15-8-6-14(7-9-15)16-12-24-17(20-16)10-19-18(22)23-11-13-4-2-1-3-5-13/h1-9,12,21H,10-11H2,(H,19,22). The van der Waals surface area contributed by atoms with Crippen LogP contribution in [0.3, 0.4) is 0 Å². The van der Waals surface area contributed by atoms with Gasteiger partial charge in [0, 0.05) is 10.9 Å². The van der Waals surface area contributed by atoms with E-state index in [1.165, 1.54) is 11.3 Å². The van der Waals surface area contributed by atoms with E-state index < -0.39 is 6.09 Å². The number of hydrogen-bond donors (Lipinski definition) is 2. The molecule has 122 valence electrons. The molecule has 0 unspecified atom stereocenters. The molecule has 0 radical (unpaired) electrons. The van der Waals surface area contributed by atoms with Gasteiger partial charge in [0.15, 0.2) is 0 Å². The monoisotopic (exact) mass is 340 g/mol. The molecule has 0 aliphatic carbocycles. The molecule has 6 heteroatoms. The largest absolute Gasteiger partial charge is 0.508 e. The number of alkyl carbamates (subject to hydrolysis) is 1. The van der Waals surface area contributed by atoms with Gasteiger partial charge in [-0.05, 0) is 29.8 Å². The van der Waals surface area contributed by atoms with Crippen molar-refractivity contribution in [1.29, 1.82) is 0 Å². The lowest BCUT2D eigenvalue weighted by atomic mass is 10.2. The fourth-order valence-electron chi connectivity index (χ4n) is 2.08. The molecule has 2 aromatic carbocycles. The van der Waals surface area contributed by atoms with E-state index >= 15 is 0 Å². The Hall–Kier alpha value is -2.86. The number of hydrogen-bond acceptors (Lipinski definition) is 5. The van der Waals surface area contributed by atoms with E-state index in [9.17, 15) is 9.90 Å². The lowest BCUT2D eigenvalue weighted by molar-refractivity contribution is 0.139. The second-order valence-corrected chi connectivity index (χ2v) is 6.03. The molecule has 0 atom stereocenters. The van der Waals surface area contributed by atoms with Gasteiger partial charge in [-0.15, -0.1) is 11.3 Å². The van der Waals surface area contributed by atoms with Crippen molar-refractivity contribution in [2.75, 3.05) is 0 Å². The number of thiazole rings is 1. The number of carbonyl (C=O) groups excluding carboxylic acids is 1. The van der Waals surface area contributed by atoms with Crippen molar-refractivity contribution in [2.24, 2.45) is 0 Å². The Labute approximate surface area is 143 Å². The van der Waals surface area contributed by atoms with Crippen LogP contribution in [0.5, 0.6) is 5.75 Å². The highest BCUT2D eigenvalue weighted by Crippen LogP contribution is 2.23. The second kappa shape index (κ2) is 7.61. The first-order valence-electron chi connectivity index (χ1n) is 7.39. The number of carbonyl (C=O) groups is 1. The fraction of sp³-hybridized carbons (Fsp3) is 0.111. The maximum atomic E-state index is 11.7. The number of amides is 1. The molecule has 1 amide bonds. The Morgan fingerprint density at radius 1 is 1.12 bits per heavy atom. The van der Waals surface area contributed by atoms with Gasteiger partial charge in [-0.2, -0.15) is 0 Å². The zero-order valence-electron chi connectivity index (χ0n) is 12.8. The molecule has 3 aromatic rings. The summed E-state index contributed by atoms with van der Waals surface area (Å²) in [6.45, 7) is 0.555. The van der Waals surface area contributed by atoms with E-state index in [0.29, 0.717) is 6.54 Å². The van der Waals surface area contributed by atoms with E-state index in [0.717, 1.165) is 21.8 Å². The Bertz CT molecular complexity index is 801. The number of nitrogens with one attached hydrogen (secondary N) is 1. The van der Waals surface area contributed by atoms with E-state index in [2.05, 4.69) is 10.3 Å². The van der Waals surface area contributed by atoms with Crippen LogP contribution in [-0.4, -0.2) is 16.2 Å². The minimum Gasteiger partial charge on any atom is -0.508 e. The average molecular weight is 340 g/mol. The third-order valence-electron chi connectivity index (χ3n) is 3.31. The van der Waals surface area contributed by atoms with Crippen LogP contribution in [-0.2, 0) is 17.9 Å². The molecule has 1 aromatic heterocycles. The molecule has 0 saturated heterocycles. The predicted molar refractivity (Wildman–Crippen MR) is 92.7 cm³/mol. The van der Waals surface area contributed by atoms with Crippen LogP contribution in [0.1, 0.15) is 10.6 Å². The van der Waals surface area contributed by atoms with E-state index in [-0.39, 0.29) is 12.4 Å². The SMILES string of the molecule is O=C(NCc1nc(-c2ccc(O)cc2)cs1)OCc1ccccc1. The van der Waals surface area contributed by atoms with Crippen LogP contribution in [0.2, 0.25) is 0 Å². The first-order valence-corrected chi connectivity index (χ1v) is 8.27. The molecule has 0 aliphatic rings. The number of ether oxygens (including phenoxy) is 1. The third-order valence-corrected chi connectivity index (χ3v) is 4.16. The van der Waals surface area contributed by atoms with Gasteiger partial charge >= 0.3 is 6.09 Å². The lowest BCUT2D eigenvalue weighted by Crippen LogP contribution is -2.23. The van der Waals surface area contributed by atoms with Crippen molar-refractivity contribution < 1.29 is 14.6 Å². The van der Waals surface area contributed by atoms with Crippen molar-refractivity contribution in [2.45, 2.75) is 13.2 Å². The van der Waals surface area contributed by atoms with Crippen LogP contribution in [0.25, 0.3) is 11.3 Å². The van der Waals surface area contributed by atoms with E-state index in [1.807, 2.05) is 35.7 Å². The maximum absolute atomic E-state index is 11.7. The number of phenols is 1. The van der Waals surface area contributed by atoms with Gasteiger partial charge in [-0.1, -0.05) is 30.3 Å². The summed E-state index contributed by atoms with van der Waals surface area (Å²) in [7, 11) is 0. The Kier molecular flexibility index (Phi) is 5.08. The van der Waals surface area contributed by atoms with Crippen LogP contribution in [0.15, 0.2) is 60.0 Å². The number of rotatable bonds is 5. The Morgan fingerprint density at radius 2 is 1.88 bits per heavy atom. The molecule has 0 fully saturated rings. The summed E-state index contributed by atoms with van der Waals surface area (Å²) in [5.41, 5.74) is 2.67. The van der Waals surface area contributed by atoms with Crippen molar-refractivity contribution in [1.82, 2.24) is 10.3 Å². The third kappa shape index (κ3) is 4.33. The zero-order chi connectivity index (χ0) is 16.8. The second-order valence-electron chi connectivity index (χ2n) is 5.09. The minimum atomic E-state index is -0.472. The number of benzene rings is 2. The van der Waals surface area contributed by atoms with Crippen LogP contribution >= 0.6 is 11.3 Å². The smallest absolute Gasteiger partial charge is 0.407 e. The normalized spacial score (nSPS) is 10.3. The number of aromatic hydroxyl groups is 1. The highest BCUT2D eigenvalue weighted by Gasteiger charge is 2.07. The molecule has 24 heavy (non-hydrogen) atoms. The summed E-state index contributed by atoms with van der Waals surface area (Å²) >= 11 is 1.46. The molecule has 5 nitrogen and oxygen atoms in total. The number of phenolic OH excluding ortho intramolecular Hbond substituents is 1.